The lowest BCUT2D eigenvalue weighted by molar-refractivity contribution is -0.116. The molecule has 8 aliphatic carbocycles. The van der Waals surface area contributed by atoms with Gasteiger partial charge < -0.3 is 10.2 Å². The number of terminal acetylenes is 2. The Kier molecular flexibility index (Phi) is 7.62. The van der Waals surface area contributed by atoms with E-state index in [1.807, 2.05) is 12.2 Å². The monoisotopic (exact) mass is 618 g/mol. The van der Waals surface area contributed by atoms with Crippen LogP contribution in [0.15, 0.2) is 58.7 Å². The highest BCUT2D eigenvalue weighted by atomic mass is 16.3. The van der Waals surface area contributed by atoms with E-state index in [2.05, 4.69) is 44.4 Å². The number of carbonyl (C=O) groups excluding carboxylic acids is 2. The van der Waals surface area contributed by atoms with Crippen molar-refractivity contribution >= 4 is 11.6 Å². The summed E-state index contributed by atoms with van der Waals surface area (Å²) >= 11 is 0. The van der Waals surface area contributed by atoms with Crippen molar-refractivity contribution in [3.8, 4) is 24.7 Å². The summed E-state index contributed by atoms with van der Waals surface area (Å²) in [5.74, 6) is 8.97. The molecule has 10 atom stereocenters. The van der Waals surface area contributed by atoms with Crippen LogP contribution in [0.25, 0.3) is 0 Å². The lowest BCUT2D eigenvalue weighted by Gasteiger charge is -2.56. The first kappa shape index (κ1) is 31.7. The molecule has 2 N–H and O–H groups in total. The van der Waals surface area contributed by atoms with E-state index in [1.165, 1.54) is 27.9 Å². The van der Waals surface area contributed by atoms with Crippen LogP contribution in [0.2, 0.25) is 0 Å². The van der Waals surface area contributed by atoms with Crippen LogP contribution >= 0.6 is 0 Å². The SMILES string of the molecule is C#C[C@]1(O)CC[C@H]2[C@@H]3CCC4=CC(=O)CCC4=C3C=C[C@@]21C.C#C[C@]1(O)CC[C@H]2[C@@H]3CCC4=CC(=O)CC[C@@H]4[C@H]3C(=C)C[C@@]21CC. The second-order valence-corrected chi connectivity index (χ2v) is 16.0. The smallest absolute Gasteiger partial charge is 0.156 e. The molecule has 46 heavy (non-hydrogen) atoms. The first-order chi connectivity index (χ1) is 21.9. The van der Waals surface area contributed by atoms with E-state index in [-0.39, 0.29) is 16.6 Å². The Morgan fingerprint density at radius 3 is 2.30 bits per heavy atom. The minimum absolute atomic E-state index is 0.189. The number of fused-ring (bicyclic) bond motifs is 9. The molecule has 0 unspecified atom stereocenters. The largest absolute Gasteiger partial charge is 0.377 e. The molecule has 0 spiro atoms. The molecular weight excluding hydrogens is 568 g/mol. The molecule has 4 nitrogen and oxygen atoms in total. The van der Waals surface area contributed by atoms with Crippen LogP contribution in [-0.2, 0) is 9.59 Å². The summed E-state index contributed by atoms with van der Waals surface area (Å²) in [7, 11) is 0. The first-order valence-corrected chi connectivity index (χ1v) is 17.9. The fourth-order valence-corrected chi connectivity index (χ4v) is 12.2. The fraction of sp³-hybridized carbons (Fsp3) is 0.619. The first-order valence-electron chi connectivity index (χ1n) is 17.9. The van der Waals surface area contributed by atoms with E-state index in [9.17, 15) is 19.8 Å². The van der Waals surface area contributed by atoms with Gasteiger partial charge in [-0.25, -0.2) is 0 Å². The molecule has 0 amide bonds. The van der Waals surface area contributed by atoms with E-state index >= 15 is 0 Å². The van der Waals surface area contributed by atoms with Crippen LogP contribution in [0.1, 0.15) is 104 Å². The van der Waals surface area contributed by atoms with Crippen molar-refractivity contribution in [2.45, 2.75) is 115 Å². The Morgan fingerprint density at radius 2 is 1.57 bits per heavy atom. The van der Waals surface area contributed by atoms with Gasteiger partial charge in [-0.15, -0.1) is 12.8 Å². The van der Waals surface area contributed by atoms with Crippen molar-refractivity contribution in [3.05, 3.63) is 58.7 Å². The van der Waals surface area contributed by atoms with E-state index in [4.69, 9.17) is 12.8 Å². The number of hydrogen-bond donors (Lipinski definition) is 2. The highest BCUT2D eigenvalue weighted by molar-refractivity contribution is 5.93. The van der Waals surface area contributed by atoms with Gasteiger partial charge in [-0.2, -0.15) is 0 Å². The molecular formula is C42H50O4. The number of hydrogen-bond acceptors (Lipinski definition) is 4. The van der Waals surface area contributed by atoms with Crippen molar-refractivity contribution in [2.24, 2.45) is 46.3 Å². The number of carbonyl (C=O) groups is 2. The van der Waals surface area contributed by atoms with Gasteiger partial charge in [0, 0.05) is 23.7 Å². The zero-order valence-corrected chi connectivity index (χ0v) is 27.7. The lowest BCUT2D eigenvalue weighted by atomic mass is 9.48. The lowest BCUT2D eigenvalue weighted by Crippen LogP contribution is -2.54. The molecule has 242 valence electrons. The van der Waals surface area contributed by atoms with E-state index in [0.29, 0.717) is 60.6 Å². The molecule has 0 radical (unpaired) electrons. The van der Waals surface area contributed by atoms with Crippen molar-refractivity contribution in [1.29, 1.82) is 0 Å². The quantitative estimate of drug-likeness (QED) is 0.238. The number of rotatable bonds is 1. The van der Waals surface area contributed by atoms with Gasteiger partial charge in [0.05, 0.1) is 0 Å². The third-order valence-corrected chi connectivity index (χ3v) is 14.6. The van der Waals surface area contributed by atoms with Crippen LogP contribution in [-0.4, -0.2) is 33.0 Å². The average Bonchev–Trinajstić information content (AvgIpc) is 3.51. The van der Waals surface area contributed by atoms with Crippen molar-refractivity contribution in [1.82, 2.24) is 0 Å². The van der Waals surface area contributed by atoms with Crippen LogP contribution in [0, 0.1) is 71.0 Å². The molecule has 4 heteroatoms. The Morgan fingerprint density at radius 1 is 0.870 bits per heavy atom. The number of ketones is 2. The van der Waals surface area contributed by atoms with Gasteiger partial charge in [-0.05, 0) is 141 Å². The number of aliphatic hydroxyl groups is 2. The van der Waals surface area contributed by atoms with Crippen molar-refractivity contribution in [2.75, 3.05) is 0 Å². The second kappa shape index (κ2) is 11.1. The summed E-state index contributed by atoms with van der Waals surface area (Å²) in [6, 6.07) is 0. The molecule has 0 aromatic heterocycles. The minimum Gasteiger partial charge on any atom is -0.377 e. The van der Waals surface area contributed by atoms with Gasteiger partial charge in [0.25, 0.3) is 0 Å². The summed E-state index contributed by atoms with van der Waals surface area (Å²) in [6.45, 7) is 8.78. The van der Waals surface area contributed by atoms with E-state index < -0.39 is 11.2 Å². The van der Waals surface area contributed by atoms with Crippen LogP contribution in [0.3, 0.4) is 0 Å². The zero-order chi connectivity index (χ0) is 32.6. The maximum absolute atomic E-state index is 11.8. The van der Waals surface area contributed by atoms with Crippen molar-refractivity contribution in [3.63, 3.8) is 0 Å². The Bertz CT molecular complexity index is 1590. The third kappa shape index (κ3) is 4.36. The average molecular weight is 619 g/mol. The van der Waals surface area contributed by atoms with E-state index in [1.54, 1.807) is 0 Å². The Labute approximate surface area is 275 Å². The third-order valence-electron chi connectivity index (χ3n) is 14.6. The highest BCUT2D eigenvalue weighted by Gasteiger charge is 2.64. The molecule has 0 aliphatic heterocycles. The maximum Gasteiger partial charge on any atom is 0.156 e. The molecule has 0 heterocycles. The summed E-state index contributed by atoms with van der Waals surface area (Å²) in [5.41, 5.74) is 4.21. The molecule has 8 rings (SSSR count). The van der Waals surface area contributed by atoms with Crippen molar-refractivity contribution < 1.29 is 19.8 Å². The Hall–Kier alpha value is -2.92. The summed E-state index contributed by atoms with van der Waals surface area (Å²) < 4.78 is 0. The van der Waals surface area contributed by atoms with Crippen LogP contribution in [0.5, 0.6) is 0 Å². The van der Waals surface area contributed by atoms with Gasteiger partial charge >= 0.3 is 0 Å². The minimum atomic E-state index is -1.01. The molecule has 4 saturated carbocycles. The summed E-state index contributed by atoms with van der Waals surface area (Å²) in [5, 5.41) is 22.0. The molecule has 8 aliphatic rings. The van der Waals surface area contributed by atoms with Crippen LogP contribution in [0.4, 0.5) is 0 Å². The Balaban J connectivity index is 0.000000147. The van der Waals surface area contributed by atoms with E-state index in [0.717, 1.165) is 70.6 Å². The summed E-state index contributed by atoms with van der Waals surface area (Å²) in [6.07, 6.45) is 32.2. The normalized spacial score (nSPS) is 45.3. The topological polar surface area (TPSA) is 74.6 Å². The van der Waals surface area contributed by atoms with Gasteiger partial charge in [-0.1, -0.05) is 55.6 Å². The van der Waals surface area contributed by atoms with Gasteiger partial charge in [-0.3, -0.25) is 9.59 Å². The predicted octanol–water partition coefficient (Wildman–Crippen LogP) is 7.38. The standard InChI is InChI=1S/C22H28O2.C20H22O2/c1-4-21-13-14(3)20-17-9-7-16(23)12-15(17)6-8-18(20)19(21)10-11-22(21,24)5-2;1-3-20(22)11-9-18-17-6-4-13-12-14(21)5-7-15(13)16(17)8-10-19(18,20)2/h2,12,17-20,24H,3-4,6-11,13H2,1H3;1,8,10,12,17-18,22H,4-7,9,11H2,2H3/t17-,18-,19-,20+,21-,22-;17-,18+,19+,20+/m01/s1. The number of allylic oxidation sites excluding steroid dienone is 7. The summed E-state index contributed by atoms with van der Waals surface area (Å²) in [4.78, 5) is 23.5. The zero-order valence-electron chi connectivity index (χ0n) is 27.7. The van der Waals surface area contributed by atoms with Crippen LogP contribution < -0.4 is 0 Å². The maximum atomic E-state index is 11.8. The molecule has 0 aromatic rings. The van der Waals surface area contributed by atoms with Gasteiger partial charge in [0.1, 0.15) is 11.2 Å². The highest BCUT2D eigenvalue weighted by Crippen LogP contribution is 2.67. The fourth-order valence-electron chi connectivity index (χ4n) is 12.2. The molecule has 4 fully saturated rings. The molecule has 0 aromatic carbocycles. The van der Waals surface area contributed by atoms with Gasteiger partial charge in [0.15, 0.2) is 11.6 Å². The predicted molar refractivity (Wildman–Crippen MR) is 181 cm³/mol. The molecule has 0 saturated heterocycles. The second-order valence-electron chi connectivity index (χ2n) is 16.0. The molecule has 0 bridgehead atoms. The van der Waals surface area contributed by atoms with Gasteiger partial charge in [0.2, 0.25) is 0 Å².